The number of nitrogens with zero attached hydrogens (tertiary/aromatic N) is 3. The molecule has 1 aromatic heterocycles. The number of anilines is 1. The number of ether oxygens (including phenoxy) is 2. The van der Waals surface area contributed by atoms with Crippen LogP contribution < -0.4 is 14.2 Å². The molecule has 0 saturated heterocycles. The Morgan fingerprint density at radius 2 is 1.80 bits per heavy atom. The molecule has 0 atom stereocenters. The number of hydrogen-bond donors (Lipinski definition) is 2. The fourth-order valence-corrected chi connectivity index (χ4v) is 3.70. The van der Waals surface area contributed by atoms with Gasteiger partial charge in [-0.15, -0.1) is 0 Å². The third kappa shape index (κ3) is 5.24. The second-order valence-electron chi connectivity index (χ2n) is 5.84. The topological polar surface area (TPSA) is 123 Å². The maximum Gasteiger partial charge on any atom is 0.321 e. The average Bonchev–Trinajstić information content (AvgIpc) is 2.74. The molecule has 3 aromatic rings. The van der Waals surface area contributed by atoms with Gasteiger partial charge in [-0.05, 0) is 42.5 Å². The molecule has 0 unspecified atom stereocenters. The first kappa shape index (κ1) is 21.5. The lowest BCUT2D eigenvalue weighted by Crippen LogP contribution is -2.14. The van der Waals surface area contributed by atoms with E-state index in [0.29, 0.717) is 11.3 Å². The molecule has 30 heavy (non-hydrogen) atoms. The number of benzene rings is 2. The third-order valence-corrected chi connectivity index (χ3v) is 5.67. The van der Waals surface area contributed by atoms with Crippen LogP contribution in [0.2, 0.25) is 0 Å². The number of halogens is 1. The molecule has 156 valence electrons. The van der Waals surface area contributed by atoms with E-state index in [4.69, 9.17) is 9.47 Å². The average molecular weight is 493 g/mol. The summed E-state index contributed by atoms with van der Waals surface area (Å²) >= 11 is 3.33. The Morgan fingerprint density at radius 3 is 2.47 bits per heavy atom. The zero-order valence-electron chi connectivity index (χ0n) is 15.9. The van der Waals surface area contributed by atoms with Crippen LogP contribution in [0, 0.1) is 0 Å². The number of hydrogen-bond acceptors (Lipinski definition) is 8. The Bertz CT molecular complexity index is 1160. The molecule has 9 nitrogen and oxygen atoms in total. The van der Waals surface area contributed by atoms with Crippen molar-refractivity contribution in [2.24, 2.45) is 4.99 Å². The Hall–Kier alpha value is -3.18. The zero-order chi connectivity index (χ0) is 21.7. The summed E-state index contributed by atoms with van der Waals surface area (Å²) in [4.78, 5) is 12.1. The van der Waals surface area contributed by atoms with Gasteiger partial charge in [0.15, 0.2) is 5.82 Å². The highest BCUT2D eigenvalue weighted by Crippen LogP contribution is 2.24. The summed E-state index contributed by atoms with van der Waals surface area (Å²) in [6, 6.07) is 12.2. The number of methoxy groups -OCH3 is 2. The van der Waals surface area contributed by atoms with Crippen LogP contribution in [0.1, 0.15) is 5.56 Å². The molecule has 0 aliphatic rings. The molecule has 1 heterocycles. The van der Waals surface area contributed by atoms with Crippen molar-refractivity contribution in [2.45, 2.75) is 4.90 Å². The summed E-state index contributed by atoms with van der Waals surface area (Å²) < 4.78 is 38.4. The van der Waals surface area contributed by atoms with Crippen molar-refractivity contribution in [1.82, 2.24) is 9.97 Å². The number of aromatic hydroxyl groups is 1. The Labute approximate surface area is 181 Å². The number of phenols is 1. The van der Waals surface area contributed by atoms with Crippen molar-refractivity contribution < 1.29 is 23.0 Å². The molecule has 0 fully saturated rings. The van der Waals surface area contributed by atoms with Gasteiger partial charge in [0.05, 0.1) is 24.8 Å². The first-order valence-electron chi connectivity index (χ1n) is 8.43. The van der Waals surface area contributed by atoms with E-state index in [1.54, 1.807) is 30.3 Å². The van der Waals surface area contributed by atoms with E-state index in [-0.39, 0.29) is 28.4 Å². The molecule has 0 bridgehead atoms. The second kappa shape index (κ2) is 9.09. The lowest BCUT2D eigenvalue weighted by Gasteiger charge is -2.09. The van der Waals surface area contributed by atoms with E-state index in [0.717, 1.165) is 4.47 Å². The highest BCUT2D eigenvalue weighted by atomic mass is 79.9. The summed E-state index contributed by atoms with van der Waals surface area (Å²) in [6.45, 7) is 0. The number of sulfonamides is 1. The second-order valence-corrected chi connectivity index (χ2v) is 8.44. The first-order valence-corrected chi connectivity index (χ1v) is 10.7. The third-order valence-electron chi connectivity index (χ3n) is 3.80. The normalized spacial score (nSPS) is 11.4. The minimum Gasteiger partial charge on any atom is -0.507 e. The van der Waals surface area contributed by atoms with Crippen molar-refractivity contribution in [2.75, 3.05) is 18.9 Å². The summed E-state index contributed by atoms with van der Waals surface area (Å²) in [7, 11) is -1.15. The van der Waals surface area contributed by atoms with E-state index in [2.05, 4.69) is 35.6 Å². The van der Waals surface area contributed by atoms with Gasteiger partial charge in [-0.1, -0.05) is 15.9 Å². The molecule has 2 N–H and O–H groups in total. The summed E-state index contributed by atoms with van der Waals surface area (Å²) in [5.74, 6) is 0.243. The molecule has 0 spiro atoms. The molecule has 0 aliphatic heterocycles. The van der Waals surface area contributed by atoms with Crippen LogP contribution in [0.5, 0.6) is 17.6 Å². The smallest absolute Gasteiger partial charge is 0.321 e. The van der Waals surface area contributed by atoms with Crippen LogP contribution in [0.15, 0.2) is 62.9 Å². The lowest BCUT2D eigenvalue weighted by molar-refractivity contribution is 0.353. The Morgan fingerprint density at radius 1 is 1.07 bits per heavy atom. The minimum atomic E-state index is -3.91. The maximum atomic E-state index is 12.6. The van der Waals surface area contributed by atoms with Crippen molar-refractivity contribution in [1.29, 1.82) is 0 Å². The van der Waals surface area contributed by atoms with Crippen LogP contribution in [0.25, 0.3) is 0 Å². The highest BCUT2D eigenvalue weighted by molar-refractivity contribution is 9.10. The Balaban J connectivity index is 1.79. The van der Waals surface area contributed by atoms with Gasteiger partial charge in [0, 0.05) is 22.3 Å². The zero-order valence-corrected chi connectivity index (χ0v) is 18.3. The number of nitrogens with one attached hydrogen (secondary N) is 1. The van der Waals surface area contributed by atoms with Crippen molar-refractivity contribution in [3.63, 3.8) is 0 Å². The number of rotatable bonds is 7. The van der Waals surface area contributed by atoms with E-state index in [1.807, 2.05) is 0 Å². The summed E-state index contributed by atoms with van der Waals surface area (Å²) in [6.07, 6.45) is 1.49. The van der Waals surface area contributed by atoms with Gasteiger partial charge in [-0.2, -0.15) is 9.97 Å². The molecule has 0 aliphatic carbocycles. The molecule has 2 aromatic carbocycles. The molecular weight excluding hydrogens is 476 g/mol. The van der Waals surface area contributed by atoms with E-state index in [1.165, 1.54) is 38.6 Å². The predicted octanol–water partition coefficient (Wildman–Crippen LogP) is 3.51. The van der Waals surface area contributed by atoms with E-state index < -0.39 is 10.0 Å². The van der Waals surface area contributed by atoms with Crippen LogP contribution >= 0.6 is 15.9 Å². The van der Waals surface area contributed by atoms with Crippen LogP contribution in [0.3, 0.4) is 0 Å². The van der Waals surface area contributed by atoms with Gasteiger partial charge >= 0.3 is 6.01 Å². The summed E-state index contributed by atoms with van der Waals surface area (Å²) in [5.41, 5.74) is 1.04. The van der Waals surface area contributed by atoms with Gasteiger partial charge in [-0.25, -0.2) is 8.42 Å². The predicted molar refractivity (Wildman–Crippen MR) is 115 cm³/mol. The van der Waals surface area contributed by atoms with Crippen LogP contribution in [-0.4, -0.2) is 43.9 Å². The quantitative estimate of drug-likeness (QED) is 0.483. The SMILES string of the molecule is COc1cc(NS(=O)(=O)c2ccc(N=Cc3cc(Br)ccc3O)cc2)nc(OC)n1. The van der Waals surface area contributed by atoms with Gasteiger partial charge in [-0.3, -0.25) is 9.71 Å². The first-order chi connectivity index (χ1) is 14.3. The lowest BCUT2D eigenvalue weighted by atomic mass is 10.2. The van der Waals surface area contributed by atoms with Crippen LogP contribution in [-0.2, 0) is 10.0 Å². The Kier molecular flexibility index (Phi) is 6.53. The monoisotopic (exact) mass is 492 g/mol. The van der Waals surface area contributed by atoms with Crippen molar-refractivity contribution >= 4 is 43.7 Å². The van der Waals surface area contributed by atoms with Gasteiger partial charge in [0.2, 0.25) is 5.88 Å². The minimum absolute atomic E-state index is 0.00549. The molecule has 11 heteroatoms. The largest absolute Gasteiger partial charge is 0.507 e. The fourth-order valence-electron chi connectivity index (χ4n) is 2.33. The number of phenolic OH excluding ortho intramolecular Hbond substituents is 1. The van der Waals surface area contributed by atoms with Crippen molar-refractivity contribution in [3.05, 3.63) is 58.6 Å². The van der Waals surface area contributed by atoms with Gasteiger partial charge < -0.3 is 14.6 Å². The van der Waals surface area contributed by atoms with E-state index in [9.17, 15) is 13.5 Å². The van der Waals surface area contributed by atoms with E-state index >= 15 is 0 Å². The molecular formula is C19H17BrN4O5S. The van der Waals surface area contributed by atoms with Crippen molar-refractivity contribution in [3.8, 4) is 17.6 Å². The van der Waals surface area contributed by atoms with Crippen LogP contribution in [0.4, 0.5) is 11.5 Å². The maximum absolute atomic E-state index is 12.6. The standard InChI is InChI=1S/C19H17BrN4O5S/c1-28-18-10-17(22-19(23-18)29-2)24-30(26,27)15-6-4-14(5-7-15)21-11-12-9-13(20)3-8-16(12)25/h3-11,25H,1-2H3,(H,22,23,24). The molecule has 3 rings (SSSR count). The number of aromatic nitrogens is 2. The number of aliphatic imine (C=N–C) groups is 1. The summed E-state index contributed by atoms with van der Waals surface area (Å²) in [5, 5.41) is 9.85. The highest BCUT2D eigenvalue weighted by Gasteiger charge is 2.16. The molecule has 0 radical (unpaired) electrons. The molecule has 0 saturated carbocycles. The van der Waals surface area contributed by atoms with Gasteiger partial charge in [0.1, 0.15) is 5.75 Å². The fraction of sp³-hybridized carbons (Fsp3) is 0.105. The van der Waals surface area contributed by atoms with Gasteiger partial charge in [0.25, 0.3) is 10.0 Å². The molecule has 0 amide bonds.